The summed E-state index contributed by atoms with van der Waals surface area (Å²) in [6.07, 6.45) is 1.89. The van der Waals surface area contributed by atoms with Crippen LogP contribution in [-0.2, 0) is 9.53 Å². The SMILES string of the molecule is CCCC(C)NC(=O)COC(=O)c1ccc(C)c(OC)c1. The quantitative estimate of drug-likeness (QED) is 0.784. The lowest BCUT2D eigenvalue weighted by atomic mass is 10.1. The molecule has 0 bridgehead atoms. The number of hydrogen-bond donors (Lipinski definition) is 1. The highest BCUT2D eigenvalue weighted by molar-refractivity contribution is 5.91. The molecule has 1 rings (SSSR count). The number of nitrogens with one attached hydrogen (secondary N) is 1. The number of rotatable bonds is 7. The summed E-state index contributed by atoms with van der Waals surface area (Å²) >= 11 is 0. The van der Waals surface area contributed by atoms with Crippen LogP contribution < -0.4 is 10.1 Å². The van der Waals surface area contributed by atoms with Crippen LogP contribution in [0.25, 0.3) is 0 Å². The van der Waals surface area contributed by atoms with Crippen LogP contribution >= 0.6 is 0 Å². The van der Waals surface area contributed by atoms with Crippen LogP contribution in [0.5, 0.6) is 5.75 Å². The smallest absolute Gasteiger partial charge is 0.338 e. The summed E-state index contributed by atoms with van der Waals surface area (Å²) in [6.45, 7) is 5.58. The third kappa shape index (κ3) is 5.45. The van der Waals surface area contributed by atoms with Gasteiger partial charge >= 0.3 is 5.97 Å². The summed E-state index contributed by atoms with van der Waals surface area (Å²) in [5, 5.41) is 2.78. The largest absolute Gasteiger partial charge is 0.496 e. The first kappa shape index (κ1) is 17.0. The third-order valence-electron chi connectivity index (χ3n) is 3.11. The van der Waals surface area contributed by atoms with Gasteiger partial charge in [-0.05, 0) is 38.0 Å². The predicted octanol–water partition coefficient (Wildman–Crippen LogP) is 2.47. The molecule has 5 heteroatoms. The number of aryl methyl sites for hydroxylation is 1. The van der Waals surface area contributed by atoms with Crippen LogP contribution in [0.2, 0.25) is 0 Å². The van der Waals surface area contributed by atoms with Crippen LogP contribution in [0.1, 0.15) is 42.6 Å². The van der Waals surface area contributed by atoms with Crippen molar-refractivity contribution in [2.75, 3.05) is 13.7 Å². The van der Waals surface area contributed by atoms with Crippen LogP contribution in [0.3, 0.4) is 0 Å². The van der Waals surface area contributed by atoms with Gasteiger partial charge in [-0.1, -0.05) is 19.4 Å². The van der Waals surface area contributed by atoms with Gasteiger partial charge in [-0.2, -0.15) is 0 Å². The van der Waals surface area contributed by atoms with Gasteiger partial charge in [0.1, 0.15) is 5.75 Å². The van der Waals surface area contributed by atoms with Gasteiger partial charge in [0.25, 0.3) is 5.91 Å². The Morgan fingerprint density at radius 3 is 2.67 bits per heavy atom. The molecule has 0 aliphatic rings. The molecule has 1 atom stereocenters. The maximum absolute atomic E-state index is 11.9. The van der Waals surface area contributed by atoms with Crippen LogP contribution in [-0.4, -0.2) is 31.6 Å². The number of esters is 1. The number of ether oxygens (including phenoxy) is 2. The maximum atomic E-state index is 11.9. The highest BCUT2D eigenvalue weighted by Crippen LogP contribution is 2.19. The van der Waals surface area contributed by atoms with Gasteiger partial charge in [0.2, 0.25) is 0 Å². The highest BCUT2D eigenvalue weighted by atomic mass is 16.5. The number of amides is 1. The molecule has 1 unspecified atom stereocenters. The minimum atomic E-state index is -0.536. The Bertz CT molecular complexity index is 499. The van der Waals surface area contributed by atoms with E-state index in [-0.39, 0.29) is 18.6 Å². The molecule has 0 aliphatic carbocycles. The number of carbonyl (C=O) groups is 2. The second-order valence-corrected chi connectivity index (χ2v) is 5.02. The van der Waals surface area contributed by atoms with E-state index >= 15 is 0 Å². The summed E-state index contributed by atoms with van der Waals surface area (Å²) in [5.74, 6) is -0.208. The molecule has 0 aromatic heterocycles. The highest BCUT2D eigenvalue weighted by Gasteiger charge is 2.13. The van der Waals surface area contributed by atoms with Gasteiger partial charge in [0.05, 0.1) is 12.7 Å². The van der Waals surface area contributed by atoms with E-state index in [4.69, 9.17) is 9.47 Å². The number of carbonyl (C=O) groups excluding carboxylic acids is 2. The first-order valence-electron chi connectivity index (χ1n) is 7.09. The minimum Gasteiger partial charge on any atom is -0.496 e. The summed E-state index contributed by atoms with van der Waals surface area (Å²) < 4.78 is 10.2. The minimum absolute atomic E-state index is 0.0840. The molecule has 1 N–H and O–H groups in total. The van der Waals surface area contributed by atoms with Gasteiger partial charge in [0.15, 0.2) is 6.61 Å². The molecule has 1 amide bonds. The van der Waals surface area contributed by atoms with Gasteiger partial charge in [-0.3, -0.25) is 4.79 Å². The van der Waals surface area contributed by atoms with E-state index in [0.29, 0.717) is 11.3 Å². The number of hydrogen-bond acceptors (Lipinski definition) is 4. The summed E-state index contributed by atoms with van der Waals surface area (Å²) in [6, 6.07) is 5.12. The van der Waals surface area contributed by atoms with E-state index in [1.54, 1.807) is 25.3 Å². The molecule has 0 spiro atoms. The van der Waals surface area contributed by atoms with Crippen molar-refractivity contribution in [1.29, 1.82) is 0 Å². The second kappa shape index (κ2) is 8.29. The molecule has 1 aromatic carbocycles. The van der Waals surface area contributed by atoms with Gasteiger partial charge in [0, 0.05) is 6.04 Å². The number of benzene rings is 1. The fourth-order valence-corrected chi connectivity index (χ4v) is 1.98. The van der Waals surface area contributed by atoms with Crippen molar-refractivity contribution in [2.24, 2.45) is 0 Å². The van der Waals surface area contributed by atoms with Crippen molar-refractivity contribution in [3.8, 4) is 5.75 Å². The monoisotopic (exact) mass is 293 g/mol. The number of methoxy groups -OCH3 is 1. The van der Waals surface area contributed by atoms with Crippen molar-refractivity contribution >= 4 is 11.9 Å². The summed E-state index contributed by atoms with van der Waals surface area (Å²) in [5.41, 5.74) is 1.30. The summed E-state index contributed by atoms with van der Waals surface area (Å²) in [4.78, 5) is 23.5. The molecule has 116 valence electrons. The second-order valence-electron chi connectivity index (χ2n) is 5.02. The van der Waals surface area contributed by atoms with Gasteiger partial charge in [-0.25, -0.2) is 4.79 Å². The van der Waals surface area contributed by atoms with Crippen molar-refractivity contribution in [2.45, 2.75) is 39.7 Å². The fourth-order valence-electron chi connectivity index (χ4n) is 1.98. The Hall–Kier alpha value is -2.04. The molecule has 21 heavy (non-hydrogen) atoms. The van der Waals surface area contributed by atoms with Crippen molar-refractivity contribution in [3.05, 3.63) is 29.3 Å². The Kier molecular flexibility index (Phi) is 6.72. The van der Waals surface area contributed by atoms with Gasteiger partial charge in [-0.15, -0.1) is 0 Å². The Balaban J connectivity index is 2.52. The Labute approximate surface area is 125 Å². The van der Waals surface area contributed by atoms with E-state index in [2.05, 4.69) is 5.32 Å². The molecule has 0 heterocycles. The zero-order chi connectivity index (χ0) is 15.8. The third-order valence-corrected chi connectivity index (χ3v) is 3.11. The topological polar surface area (TPSA) is 64.6 Å². The lowest BCUT2D eigenvalue weighted by Gasteiger charge is -2.13. The van der Waals surface area contributed by atoms with Crippen molar-refractivity contribution < 1.29 is 19.1 Å². The molecule has 5 nitrogen and oxygen atoms in total. The van der Waals surface area contributed by atoms with E-state index in [9.17, 15) is 9.59 Å². The molecular weight excluding hydrogens is 270 g/mol. The zero-order valence-corrected chi connectivity index (χ0v) is 13.1. The van der Waals surface area contributed by atoms with Gasteiger partial charge < -0.3 is 14.8 Å². The van der Waals surface area contributed by atoms with E-state index in [1.165, 1.54) is 0 Å². The average molecular weight is 293 g/mol. The first-order chi connectivity index (χ1) is 9.97. The van der Waals surface area contributed by atoms with Crippen LogP contribution in [0, 0.1) is 6.92 Å². The lowest BCUT2D eigenvalue weighted by Crippen LogP contribution is -2.35. The van der Waals surface area contributed by atoms with Crippen LogP contribution in [0.15, 0.2) is 18.2 Å². The average Bonchev–Trinajstić information content (AvgIpc) is 2.45. The molecule has 1 aromatic rings. The van der Waals surface area contributed by atoms with Crippen molar-refractivity contribution in [3.63, 3.8) is 0 Å². The van der Waals surface area contributed by atoms with E-state index < -0.39 is 5.97 Å². The van der Waals surface area contributed by atoms with E-state index in [0.717, 1.165) is 18.4 Å². The Morgan fingerprint density at radius 1 is 1.33 bits per heavy atom. The molecule has 0 radical (unpaired) electrons. The predicted molar refractivity (Wildman–Crippen MR) is 80.5 cm³/mol. The Morgan fingerprint density at radius 2 is 2.05 bits per heavy atom. The molecule has 0 saturated heterocycles. The van der Waals surface area contributed by atoms with Crippen molar-refractivity contribution in [1.82, 2.24) is 5.32 Å². The normalized spacial score (nSPS) is 11.6. The summed E-state index contributed by atoms with van der Waals surface area (Å²) in [7, 11) is 1.54. The molecule has 0 aliphatic heterocycles. The van der Waals surface area contributed by atoms with Crippen LogP contribution in [0.4, 0.5) is 0 Å². The fraction of sp³-hybridized carbons (Fsp3) is 0.500. The molecule has 0 fully saturated rings. The standard InChI is InChI=1S/C16H23NO4/c1-5-6-12(3)17-15(18)10-21-16(19)13-8-7-11(2)14(9-13)20-4/h7-9,12H,5-6,10H2,1-4H3,(H,17,18). The zero-order valence-electron chi connectivity index (χ0n) is 13.1. The maximum Gasteiger partial charge on any atom is 0.338 e. The lowest BCUT2D eigenvalue weighted by molar-refractivity contribution is -0.124. The molecule has 0 saturated carbocycles. The van der Waals surface area contributed by atoms with E-state index in [1.807, 2.05) is 20.8 Å². The molecular formula is C16H23NO4. The first-order valence-corrected chi connectivity index (χ1v) is 7.09.